The molecule has 24 heavy (non-hydrogen) atoms. The zero-order valence-electron chi connectivity index (χ0n) is 14.8. The van der Waals surface area contributed by atoms with Crippen molar-refractivity contribution in [1.29, 1.82) is 0 Å². The molecule has 6 heteroatoms. The maximum atomic E-state index is 12.3. The SMILES string of the molecule is CCOC(=O)N1CC[NH+](CC(=O)Nc2ccccc2C(C)C)CC1. The van der Waals surface area contributed by atoms with Crippen molar-refractivity contribution in [1.82, 2.24) is 4.90 Å². The summed E-state index contributed by atoms with van der Waals surface area (Å²) in [5.41, 5.74) is 2.04. The lowest BCUT2D eigenvalue weighted by Crippen LogP contribution is -3.15. The van der Waals surface area contributed by atoms with Crippen LogP contribution in [0.2, 0.25) is 0 Å². The van der Waals surface area contributed by atoms with Gasteiger partial charge in [-0.2, -0.15) is 0 Å². The first-order chi connectivity index (χ1) is 11.5. The minimum Gasteiger partial charge on any atom is -0.450 e. The van der Waals surface area contributed by atoms with Gasteiger partial charge in [0.25, 0.3) is 5.91 Å². The van der Waals surface area contributed by atoms with Gasteiger partial charge in [0.15, 0.2) is 6.54 Å². The summed E-state index contributed by atoms with van der Waals surface area (Å²) in [5.74, 6) is 0.379. The van der Waals surface area contributed by atoms with E-state index in [1.54, 1.807) is 11.8 Å². The highest BCUT2D eigenvalue weighted by Crippen LogP contribution is 2.23. The van der Waals surface area contributed by atoms with E-state index < -0.39 is 0 Å². The van der Waals surface area contributed by atoms with Crippen LogP contribution in [-0.4, -0.2) is 56.2 Å². The van der Waals surface area contributed by atoms with E-state index in [1.807, 2.05) is 24.3 Å². The van der Waals surface area contributed by atoms with Crippen molar-refractivity contribution >= 4 is 17.7 Å². The number of amides is 2. The molecule has 0 bridgehead atoms. The van der Waals surface area contributed by atoms with Gasteiger partial charge in [0, 0.05) is 5.69 Å². The Balaban J connectivity index is 1.83. The van der Waals surface area contributed by atoms with Crippen LogP contribution < -0.4 is 10.2 Å². The Labute approximate surface area is 143 Å². The molecule has 2 rings (SSSR count). The second kappa shape index (κ2) is 8.68. The van der Waals surface area contributed by atoms with Crippen LogP contribution in [-0.2, 0) is 9.53 Å². The van der Waals surface area contributed by atoms with Gasteiger partial charge >= 0.3 is 6.09 Å². The molecule has 0 aliphatic carbocycles. The highest BCUT2D eigenvalue weighted by Gasteiger charge is 2.26. The van der Waals surface area contributed by atoms with Crippen LogP contribution >= 0.6 is 0 Å². The van der Waals surface area contributed by atoms with E-state index in [1.165, 1.54) is 4.90 Å². The number of carbonyl (C=O) groups is 2. The van der Waals surface area contributed by atoms with Crippen molar-refractivity contribution in [2.75, 3.05) is 44.6 Å². The Morgan fingerprint density at radius 3 is 2.54 bits per heavy atom. The van der Waals surface area contributed by atoms with Crippen molar-refractivity contribution < 1.29 is 19.2 Å². The van der Waals surface area contributed by atoms with Crippen LogP contribution in [0.25, 0.3) is 0 Å². The van der Waals surface area contributed by atoms with Gasteiger partial charge in [0.1, 0.15) is 0 Å². The highest BCUT2D eigenvalue weighted by atomic mass is 16.6. The molecule has 132 valence electrons. The zero-order chi connectivity index (χ0) is 17.5. The second-order valence-corrected chi connectivity index (χ2v) is 6.40. The number of carbonyl (C=O) groups excluding carboxylic acids is 2. The van der Waals surface area contributed by atoms with Gasteiger partial charge in [-0.25, -0.2) is 4.79 Å². The average molecular weight is 334 g/mol. The van der Waals surface area contributed by atoms with Crippen LogP contribution in [0.15, 0.2) is 24.3 Å². The lowest BCUT2D eigenvalue weighted by atomic mass is 10.0. The molecule has 0 unspecified atom stereocenters. The number of anilines is 1. The lowest BCUT2D eigenvalue weighted by molar-refractivity contribution is -0.895. The number of piperazine rings is 1. The molecule has 1 aliphatic rings. The number of benzene rings is 1. The zero-order valence-corrected chi connectivity index (χ0v) is 14.8. The van der Waals surface area contributed by atoms with E-state index in [0.717, 1.165) is 24.3 Å². The van der Waals surface area contributed by atoms with Crippen LogP contribution in [0.5, 0.6) is 0 Å². The van der Waals surface area contributed by atoms with Gasteiger partial charge in [-0.3, -0.25) is 9.69 Å². The molecular formula is C18H28N3O3+. The molecule has 0 atom stereocenters. The summed E-state index contributed by atoms with van der Waals surface area (Å²) in [6.45, 7) is 9.63. The smallest absolute Gasteiger partial charge is 0.410 e. The van der Waals surface area contributed by atoms with Gasteiger partial charge in [-0.15, -0.1) is 0 Å². The summed E-state index contributed by atoms with van der Waals surface area (Å²) in [6, 6.07) is 7.92. The van der Waals surface area contributed by atoms with E-state index in [2.05, 4.69) is 19.2 Å². The minimum atomic E-state index is -0.258. The largest absolute Gasteiger partial charge is 0.450 e. The molecule has 1 saturated heterocycles. The molecule has 2 amide bonds. The predicted molar refractivity (Wildman–Crippen MR) is 93.3 cm³/mol. The van der Waals surface area contributed by atoms with Crippen LogP contribution in [0, 0.1) is 0 Å². The maximum absolute atomic E-state index is 12.3. The molecule has 0 radical (unpaired) electrons. The summed E-state index contributed by atoms with van der Waals surface area (Å²) in [6.07, 6.45) is -0.258. The monoisotopic (exact) mass is 334 g/mol. The van der Waals surface area contributed by atoms with Crippen molar-refractivity contribution in [3.05, 3.63) is 29.8 Å². The minimum absolute atomic E-state index is 0.0164. The molecule has 1 aromatic rings. The quantitative estimate of drug-likeness (QED) is 0.848. The number of rotatable bonds is 5. The predicted octanol–water partition coefficient (Wildman–Crippen LogP) is 1.11. The molecule has 1 aliphatic heterocycles. The molecule has 0 saturated carbocycles. The fourth-order valence-corrected chi connectivity index (χ4v) is 2.93. The first kappa shape index (κ1) is 18.3. The first-order valence-corrected chi connectivity index (χ1v) is 8.65. The third-order valence-corrected chi connectivity index (χ3v) is 4.26. The number of nitrogens with zero attached hydrogens (tertiary/aromatic N) is 1. The molecular weight excluding hydrogens is 306 g/mol. The summed E-state index contributed by atoms with van der Waals surface area (Å²) < 4.78 is 5.01. The maximum Gasteiger partial charge on any atom is 0.410 e. The Morgan fingerprint density at radius 1 is 1.25 bits per heavy atom. The van der Waals surface area contributed by atoms with Gasteiger partial charge in [-0.1, -0.05) is 32.0 Å². The van der Waals surface area contributed by atoms with Gasteiger partial charge in [0.2, 0.25) is 0 Å². The van der Waals surface area contributed by atoms with Gasteiger partial charge < -0.3 is 15.0 Å². The van der Waals surface area contributed by atoms with Crippen molar-refractivity contribution in [3.63, 3.8) is 0 Å². The molecule has 1 aromatic carbocycles. The molecule has 1 heterocycles. The Hall–Kier alpha value is -2.08. The number of hydrogen-bond acceptors (Lipinski definition) is 3. The summed E-state index contributed by atoms with van der Waals surface area (Å²) in [5, 5.41) is 3.03. The van der Waals surface area contributed by atoms with Crippen LogP contribution in [0.4, 0.5) is 10.5 Å². The average Bonchev–Trinajstić information content (AvgIpc) is 2.56. The Bertz CT molecular complexity index is 566. The van der Waals surface area contributed by atoms with Gasteiger partial charge in [-0.05, 0) is 24.5 Å². The van der Waals surface area contributed by atoms with E-state index >= 15 is 0 Å². The Kier molecular flexibility index (Phi) is 6.61. The van der Waals surface area contributed by atoms with Crippen LogP contribution in [0.3, 0.4) is 0 Å². The number of ether oxygens (including phenoxy) is 1. The number of nitrogens with one attached hydrogen (secondary N) is 2. The van der Waals surface area contributed by atoms with Crippen molar-refractivity contribution in [2.24, 2.45) is 0 Å². The fourth-order valence-electron chi connectivity index (χ4n) is 2.93. The number of para-hydroxylation sites is 1. The number of quaternary nitrogens is 1. The van der Waals surface area contributed by atoms with Crippen molar-refractivity contribution in [2.45, 2.75) is 26.7 Å². The molecule has 2 N–H and O–H groups in total. The standard InChI is InChI=1S/C18H27N3O3/c1-4-24-18(23)21-11-9-20(10-12-21)13-17(22)19-16-8-6-5-7-15(16)14(2)3/h5-8,14H,4,9-13H2,1-3H3,(H,19,22)/p+1. The van der Waals surface area contributed by atoms with Crippen LogP contribution in [0.1, 0.15) is 32.3 Å². The Morgan fingerprint density at radius 2 is 1.92 bits per heavy atom. The van der Waals surface area contributed by atoms with E-state index in [-0.39, 0.29) is 12.0 Å². The summed E-state index contributed by atoms with van der Waals surface area (Å²) in [4.78, 5) is 26.9. The fraction of sp³-hybridized carbons (Fsp3) is 0.556. The number of hydrogen-bond donors (Lipinski definition) is 2. The first-order valence-electron chi connectivity index (χ1n) is 8.65. The highest BCUT2D eigenvalue weighted by molar-refractivity contribution is 5.92. The topological polar surface area (TPSA) is 63.1 Å². The second-order valence-electron chi connectivity index (χ2n) is 6.40. The molecule has 0 aromatic heterocycles. The van der Waals surface area contributed by atoms with E-state index in [9.17, 15) is 9.59 Å². The molecule has 6 nitrogen and oxygen atoms in total. The third-order valence-electron chi connectivity index (χ3n) is 4.26. The summed E-state index contributed by atoms with van der Waals surface area (Å²) in [7, 11) is 0. The van der Waals surface area contributed by atoms with E-state index in [4.69, 9.17) is 4.74 Å². The molecule has 1 fully saturated rings. The normalized spacial score (nSPS) is 15.4. The third kappa shape index (κ3) is 4.96. The van der Waals surface area contributed by atoms with E-state index in [0.29, 0.717) is 32.2 Å². The van der Waals surface area contributed by atoms with Gasteiger partial charge in [0.05, 0.1) is 32.8 Å². The van der Waals surface area contributed by atoms with Crippen molar-refractivity contribution in [3.8, 4) is 0 Å². The molecule has 0 spiro atoms. The summed E-state index contributed by atoms with van der Waals surface area (Å²) >= 11 is 0. The lowest BCUT2D eigenvalue weighted by Gasteiger charge is -2.31.